The molecule has 1 heterocycles. The molecule has 3 nitrogen and oxygen atoms in total. The Kier molecular flexibility index (Phi) is 6.84. The second-order valence-corrected chi connectivity index (χ2v) is 8.52. The van der Waals surface area contributed by atoms with E-state index in [1.807, 2.05) is 0 Å². The van der Waals surface area contributed by atoms with Gasteiger partial charge >= 0.3 is 9.28 Å². The van der Waals surface area contributed by atoms with Crippen molar-refractivity contribution in [1.29, 1.82) is 0 Å². The smallest absolute Gasteiger partial charge is 0.320 e. The third kappa shape index (κ3) is 5.54. The maximum atomic E-state index is 5.59. The quantitative estimate of drug-likeness (QED) is 0.350. The molecule has 0 aromatic rings. The monoisotopic (exact) mass is 286 g/mol. The molecule has 1 saturated heterocycles. The Morgan fingerprint density at radius 3 is 2.42 bits per heavy atom. The van der Waals surface area contributed by atoms with E-state index in [1.165, 1.54) is 57.8 Å². The zero-order valence-electron chi connectivity index (χ0n) is 12.6. The average molecular weight is 286 g/mol. The number of fused-ring (bicyclic) bond motifs is 1. The van der Waals surface area contributed by atoms with E-state index in [9.17, 15) is 0 Å². The molecule has 2 rings (SSSR count). The SMILES string of the molecule is CO[SiH](CCCCCCCC1CCC2OC2C1)OC. The first kappa shape index (κ1) is 15.5. The summed E-state index contributed by atoms with van der Waals surface area (Å²) in [5.41, 5.74) is 0. The first-order valence-electron chi connectivity index (χ1n) is 8.04. The lowest BCUT2D eigenvalue weighted by molar-refractivity contribution is 0.276. The highest BCUT2D eigenvalue weighted by molar-refractivity contribution is 6.44. The van der Waals surface area contributed by atoms with E-state index in [0.29, 0.717) is 12.2 Å². The number of ether oxygens (including phenoxy) is 1. The average Bonchev–Trinajstić information content (AvgIpc) is 3.20. The predicted molar refractivity (Wildman–Crippen MR) is 79.7 cm³/mol. The van der Waals surface area contributed by atoms with Crippen molar-refractivity contribution in [1.82, 2.24) is 0 Å². The van der Waals surface area contributed by atoms with Gasteiger partial charge in [0, 0.05) is 14.2 Å². The van der Waals surface area contributed by atoms with E-state index in [1.54, 1.807) is 14.2 Å². The van der Waals surface area contributed by atoms with E-state index < -0.39 is 9.28 Å². The first-order chi connectivity index (χ1) is 9.33. The van der Waals surface area contributed by atoms with E-state index in [4.69, 9.17) is 13.6 Å². The molecule has 0 radical (unpaired) electrons. The van der Waals surface area contributed by atoms with Crippen LogP contribution in [0.15, 0.2) is 0 Å². The van der Waals surface area contributed by atoms with Crippen LogP contribution < -0.4 is 0 Å². The summed E-state index contributed by atoms with van der Waals surface area (Å²) in [5, 5.41) is 0. The fraction of sp³-hybridized carbons (Fsp3) is 1.00. The van der Waals surface area contributed by atoms with Gasteiger partial charge in [-0.3, -0.25) is 0 Å². The Morgan fingerprint density at radius 1 is 0.947 bits per heavy atom. The van der Waals surface area contributed by atoms with Gasteiger partial charge in [0.2, 0.25) is 0 Å². The molecule has 19 heavy (non-hydrogen) atoms. The van der Waals surface area contributed by atoms with Crippen LogP contribution in [0.25, 0.3) is 0 Å². The second-order valence-electron chi connectivity index (χ2n) is 6.14. The van der Waals surface area contributed by atoms with Crippen molar-refractivity contribution < 1.29 is 13.6 Å². The van der Waals surface area contributed by atoms with Gasteiger partial charge in [0.15, 0.2) is 0 Å². The van der Waals surface area contributed by atoms with Crippen LogP contribution in [-0.4, -0.2) is 35.7 Å². The number of unbranched alkanes of at least 4 members (excludes halogenated alkanes) is 4. The van der Waals surface area contributed by atoms with Gasteiger partial charge in [-0.15, -0.1) is 0 Å². The van der Waals surface area contributed by atoms with Gasteiger partial charge in [-0.25, -0.2) is 0 Å². The van der Waals surface area contributed by atoms with Crippen molar-refractivity contribution in [2.75, 3.05) is 14.2 Å². The number of hydrogen-bond acceptors (Lipinski definition) is 3. The first-order valence-corrected chi connectivity index (χ1v) is 9.80. The Bertz CT molecular complexity index is 246. The molecule has 0 aromatic heterocycles. The largest absolute Gasteiger partial charge is 0.400 e. The lowest BCUT2D eigenvalue weighted by atomic mass is 9.85. The van der Waals surface area contributed by atoms with Crippen LogP contribution in [-0.2, 0) is 13.6 Å². The summed E-state index contributed by atoms with van der Waals surface area (Å²) < 4.78 is 16.2. The molecule has 1 aliphatic carbocycles. The van der Waals surface area contributed by atoms with Gasteiger partial charge in [0.1, 0.15) is 0 Å². The van der Waals surface area contributed by atoms with Crippen LogP contribution in [0.2, 0.25) is 6.04 Å². The summed E-state index contributed by atoms with van der Waals surface area (Å²) in [6, 6.07) is 1.16. The standard InChI is InChI=1S/C15H30O3Si/c1-16-19(17-2)11-7-5-3-4-6-8-13-9-10-14-15(12-13)18-14/h13-15,19H,3-12H2,1-2H3. The van der Waals surface area contributed by atoms with Crippen LogP contribution in [0.4, 0.5) is 0 Å². The van der Waals surface area contributed by atoms with Gasteiger partial charge in [-0.1, -0.05) is 38.5 Å². The normalized spacial score (nSPS) is 29.5. The third-order valence-corrected chi connectivity index (χ3v) is 6.62. The van der Waals surface area contributed by atoms with Crippen LogP contribution in [0, 0.1) is 5.92 Å². The Morgan fingerprint density at radius 2 is 1.68 bits per heavy atom. The molecule has 1 saturated carbocycles. The van der Waals surface area contributed by atoms with Gasteiger partial charge in [-0.05, 0) is 31.2 Å². The molecule has 1 aliphatic heterocycles. The Hall–Kier alpha value is 0.0969. The van der Waals surface area contributed by atoms with Crippen LogP contribution >= 0.6 is 0 Å². The molecule has 2 fully saturated rings. The van der Waals surface area contributed by atoms with Gasteiger partial charge in [0.05, 0.1) is 12.2 Å². The third-order valence-electron chi connectivity index (χ3n) is 4.69. The van der Waals surface area contributed by atoms with Crippen molar-refractivity contribution >= 4 is 9.28 Å². The highest BCUT2D eigenvalue weighted by Gasteiger charge is 2.43. The maximum absolute atomic E-state index is 5.59. The number of rotatable bonds is 10. The highest BCUT2D eigenvalue weighted by Crippen LogP contribution is 2.41. The summed E-state index contributed by atoms with van der Waals surface area (Å²) >= 11 is 0. The lowest BCUT2D eigenvalue weighted by Crippen LogP contribution is -2.18. The fourth-order valence-corrected chi connectivity index (χ4v) is 4.64. The zero-order chi connectivity index (χ0) is 13.5. The summed E-state index contributed by atoms with van der Waals surface area (Å²) in [5.74, 6) is 0.961. The van der Waals surface area contributed by atoms with Gasteiger partial charge in [-0.2, -0.15) is 0 Å². The molecule has 2 aliphatic rings. The molecule has 4 heteroatoms. The molecule has 0 amide bonds. The van der Waals surface area contributed by atoms with E-state index in [0.717, 1.165) is 12.0 Å². The molecule has 112 valence electrons. The molecule has 3 atom stereocenters. The van der Waals surface area contributed by atoms with E-state index in [-0.39, 0.29) is 0 Å². The Labute approximate surface area is 119 Å². The van der Waals surface area contributed by atoms with Crippen molar-refractivity contribution in [3.05, 3.63) is 0 Å². The summed E-state index contributed by atoms with van der Waals surface area (Å²) in [6.07, 6.45) is 13.6. The summed E-state index contributed by atoms with van der Waals surface area (Å²) in [4.78, 5) is 0. The van der Waals surface area contributed by atoms with Crippen LogP contribution in [0.1, 0.15) is 57.8 Å². The molecule has 3 unspecified atom stereocenters. The molecule has 0 spiro atoms. The minimum Gasteiger partial charge on any atom is -0.400 e. The van der Waals surface area contributed by atoms with E-state index >= 15 is 0 Å². The van der Waals surface area contributed by atoms with Crippen molar-refractivity contribution in [3.63, 3.8) is 0 Å². The molecular weight excluding hydrogens is 256 g/mol. The van der Waals surface area contributed by atoms with E-state index in [2.05, 4.69) is 0 Å². The number of hydrogen-bond donors (Lipinski definition) is 0. The Balaban J connectivity index is 1.38. The predicted octanol–water partition coefficient (Wildman–Crippen LogP) is 3.41. The van der Waals surface area contributed by atoms with Crippen LogP contribution in [0.3, 0.4) is 0 Å². The lowest BCUT2D eigenvalue weighted by Gasteiger charge is -2.18. The summed E-state index contributed by atoms with van der Waals surface area (Å²) in [7, 11) is 2.26. The van der Waals surface area contributed by atoms with Crippen LogP contribution in [0.5, 0.6) is 0 Å². The van der Waals surface area contributed by atoms with Gasteiger partial charge < -0.3 is 13.6 Å². The van der Waals surface area contributed by atoms with Crippen molar-refractivity contribution in [3.8, 4) is 0 Å². The minimum absolute atomic E-state index is 0.656. The van der Waals surface area contributed by atoms with Crippen molar-refractivity contribution in [2.24, 2.45) is 5.92 Å². The minimum atomic E-state index is -1.29. The highest BCUT2D eigenvalue weighted by atomic mass is 28.3. The van der Waals surface area contributed by atoms with Gasteiger partial charge in [0.25, 0.3) is 0 Å². The molecule has 0 aromatic carbocycles. The molecule has 0 N–H and O–H groups in total. The summed E-state index contributed by atoms with van der Waals surface area (Å²) in [6.45, 7) is 0. The van der Waals surface area contributed by atoms with Crippen molar-refractivity contribution in [2.45, 2.75) is 76.0 Å². The number of epoxide rings is 1. The zero-order valence-corrected chi connectivity index (χ0v) is 13.8. The second kappa shape index (κ2) is 8.40. The maximum Gasteiger partial charge on any atom is 0.320 e. The topological polar surface area (TPSA) is 31.0 Å². The fourth-order valence-electron chi connectivity index (χ4n) is 3.36. The molecular formula is C15H30O3Si. The molecule has 0 bridgehead atoms.